The molecular weight excluding hydrogens is 343 g/mol. The maximum atomic E-state index is 12.3. The van der Waals surface area contributed by atoms with Crippen LogP contribution in [0.3, 0.4) is 0 Å². The lowest BCUT2D eigenvalue weighted by molar-refractivity contribution is -0.122. The lowest BCUT2D eigenvalue weighted by Gasteiger charge is -2.27. The zero-order valence-corrected chi connectivity index (χ0v) is 15.4. The average molecular weight is 365 g/mol. The summed E-state index contributed by atoms with van der Waals surface area (Å²) in [6.07, 6.45) is 1.64. The monoisotopic (exact) mass is 364 g/mol. The van der Waals surface area contributed by atoms with Crippen LogP contribution >= 0.6 is 23.2 Å². The van der Waals surface area contributed by atoms with E-state index in [1.165, 1.54) is 0 Å². The van der Waals surface area contributed by atoms with Gasteiger partial charge in [-0.15, -0.1) is 0 Å². The number of hydrogen-bond acceptors (Lipinski definition) is 2. The molecule has 128 valence electrons. The van der Waals surface area contributed by atoms with Crippen LogP contribution < -0.4 is 11.1 Å². The van der Waals surface area contributed by atoms with Gasteiger partial charge in [-0.2, -0.15) is 0 Å². The number of rotatable bonds is 6. The predicted octanol–water partition coefficient (Wildman–Crippen LogP) is 4.65. The molecular formula is C19H22Cl2N2O. The van der Waals surface area contributed by atoms with Gasteiger partial charge in [0.1, 0.15) is 0 Å². The zero-order valence-electron chi connectivity index (χ0n) is 13.9. The minimum atomic E-state index is -0.406. The highest BCUT2D eigenvalue weighted by Crippen LogP contribution is 2.24. The Balaban J connectivity index is 1.93. The number of para-hydroxylation sites is 1. The van der Waals surface area contributed by atoms with Crippen LogP contribution in [0, 0.1) is 0 Å². The molecule has 2 aromatic rings. The van der Waals surface area contributed by atoms with Gasteiger partial charge in [-0.05, 0) is 56.0 Å². The molecule has 1 amide bonds. The molecule has 0 aliphatic carbocycles. The Morgan fingerprint density at radius 2 is 1.83 bits per heavy atom. The van der Waals surface area contributed by atoms with Crippen LogP contribution in [0.1, 0.15) is 31.4 Å². The first kappa shape index (κ1) is 18.6. The summed E-state index contributed by atoms with van der Waals surface area (Å²) >= 11 is 12.1. The van der Waals surface area contributed by atoms with E-state index in [-0.39, 0.29) is 5.91 Å². The molecule has 0 unspecified atom stereocenters. The summed E-state index contributed by atoms with van der Waals surface area (Å²) in [5.41, 5.74) is 8.17. The van der Waals surface area contributed by atoms with E-state index in [9.17, 15) is 4.79 Å². The van der Waals surface area contributed by atoms with Crippen LogP contribution in [0.15, 0.2) is 42.5 Å². The fourth-order valence-corrected chi connectivity index (χ4v) is 3.11. The van der Waals surface area contributed by atoms with Crippen LogP contribution in [-0.2, 0) is 17.6 Å². The number of hydrogen-bond donors (Lipinski definition) is 2. The summed E-state index contributed by atoms with van der Waals surface area (Å²) in [7, 11) is 0. The van der Waals surface area contributed by atoms with Crippen LogP contribution in [0.2, 0.25) is 10.0 Å². The smallest absolute Gasteiger partial charge is 0.220 e. The maximum Gasteiger partial charge on any atom is 0.220 e. The summed E-state index contributed by atoms with van der Waals surface area (Å²) < 4.78 is 0. The predicted molar refractivity (Wildman–Crippen MR) is 102 cm³/mol. The average Bonchev–Trinajstić information content (AvgIpc) is 2.49. The van der Waals surface area contributed by atoms with Crippen molar-refractivity contribution in [2.24, 2.45) is 0 Å². The van der Waals surface area contributed by atoms with Gasteiger partial charge in [0.25, 0.3) is 0 Å². The third-order valence-electron chi connectivity index (χ3n) is 3.80. The fourth-order valence-electron chi connectivity index (χ4n) is 2.64. The first-order valence-electron chi connectivity index (χ1n) is 7.85. The summed E-state index contributed by atoms with van der Waals surface area (Å²) in [5.74, 6) is -0.00617. The highest BCUT2D eigenvalue weighted by atomic mass is 35.5. The zero-order chi connectivity index (χ0) is 17.7. The second-order valence-electron chi connectivity index (χ2n) is 6.54. The number of aryl methyl sites for hydroxylation is 1. The van der Waals surface area contributed by atoms with Gasteiger partial charge in [0.05, 0.1) is 0 Å². The Bertz CT molecular complexity index is 729. The molecule has 0 aliphatic heterocycles. The second kappa shape index (κ2) is 7.91. The Labute approximate surface area is 153 Å². The number of amides is 1. The molecule has 24 heavy (non-hydrogen) atoms. The van der Waals surface area contributed by atoms with Crippen molar-refractivity contribution in [2.45, 2.75) is 38.6 Å². The van der Waals surface area contributed by atoms with Crippen molar-refractivity contribution in [3.8, 4) is 0 Å². The van der Waals surface area contributed by atoms with E-state index in [0.29, 0.717) is 29.3 Å². The largest absolute Gasteiger partial charge is 0.399 e. The van der Waals surface area contributed by atoms with Crippen LogP contribution in [0.25, 0.3) is 0 Å². The number of benzene rings is 2. The Hall–Kier alpha value is -1.71. The van der Waals surface area contributed by atoms with E-state index in [2.05, 4.69) is 5.32 Å². The van der Waals surface area contributed by atoms with Crippen LogP contribution in [0.4, 0.5) is 5.69 Å². The van der Waals surface area contributed by atoms with E-state index in [1.807, 2.05) is 44.2 Å². The Morgan fingerprint density at radius 1 is 1.12 bits per heavy atom. The summed E-state index contributed by atoms with van der Waals surface area (Å²) in [4.78, 5) is 12.3. The molecule has 0 radical (unpaired) electrons. The highest BCUT2D eigenvalue weighted by Gasteiger charge is 2.22. The molecule has 2 rings (SSSR count). The van der Waals surface area contributed by atoms with Crippen molar-refractivity contribution < 1.29 is 4.79 Å². The van der Waals surface area contributed by atoms with Gasteiger partial charge in [0, 0.05) is 27.7 Å². The van der Waals surface area contributed by atoms with Crippen molar-refractivity contribution >= 4 is 34.8 Å². The lowest BCUT2D eigenvalue weighted by Crippen LogP contribution is -2.45. The topological polar surface area (TPSA) is 55.1 Å². The molecule has 3 N–H and O–H groups in total. The quantitative estimate of drug-likeness (QED) is 0.733. The van der Waals surface area contributed by atoms with Gasteiger partial charge >= 0.3 is 0 Å². The summed E-state index contributed by atoms with van der Waals surface area (Å²) in [5, 5.41) is 4.28. The van der Waals surface area contributed by atoms with Crippen molar-refractivity contribution in [2.75, 3.05) is 5.73 Å². The van der Waals surface area contributed by atoms with Crippen molar-refractivity contribution in [3.63, 3.8) is 0 Å². The minimum absolute atomic E-state index is 0.00617. The van der Waals surface area contributed by atoms with E-state index >= 15 is 0 Å². The van der Waals surface area contributed by atoms with E-state index in [4.69, 9.17) is 28.9 Å². The first-order valence-corrected chi connectivity index (χ1v) is 8.61. The second-order valence-corrected chi connectivity index (χ2v) is 7.39. The van der Waals surface area contributed by atoms with Gasteiger partial charge in [0.2, 0.25) is 5.91 Å². The molecule has 0 aliphatic rings. The fraction of sp³-hybridized carbons (Fsp3) is 0.316. The van der Waals surface area contributed by atoms with Gasteiger partial charge in [0.15, 0.2) is 0 Å². The van der Waals surface area contributed by atoms with E-state index in [0.717, 1.165) is 16.8 Å². The molecule has 3 nitrogen and oxygen atoms in total. The van der Waals surface area contributed by atoms with Crippen molar-refractivity contribution in [1.29, 1.82) is 0 Å². The number of carbonyl (C=O) groups is 1. The lowest BCUT2D eigenvalue weighted by atomic mass is 9.94. The number of anilines is 1. The molecule has 0 spiro atoms. The SMILES string of the molecule is CC(C)(Cc1ccc(Cl)cc1Cl)NC(=O)CCc1ccccc1N. The Kier molecular flexibility index (Phi) is 6.14. The highest BCUT2D eigenvalue weighted by molar-refractivity contribution is 6.35. The standard InChI is InChI=1S/C19H22Cl2N2O/c1-19(2,12-14-7-9-15(20)11-16(14)21)23-18(24)10-8-13-5-3-4-6-17(13)22/h3-7,9,11H,8,10,12,22H2,1-2H3,(H,23,24). The molecule has 0 heterocycles. The van der Waals surface area contributed by atoms with Crippen LogP contribution in [0.5, 0.6) is 0 Å². The number of halogens is 2. The summed E-state index contributed by atoms with van der Waals surface area (Å²) in [6.45, 7) is 3.96. The third-order valence-corrected chi connectivity index (χ3v) is 4.39. The maximum absolute atomic E-state index is 12.3. The molecule has 0 bridgehead atoms. The molecule has 0 atom stereocenters. The van der Waals surface area contributed by atoms with E-state index in [1.54, 1.807) is 12.1 Å². The molecule has 0 saturated heterocycles. The number of nitrogens with one attached hydrogen (secondary N) is 1. The van der Waals surface area contributed by atoms with Gasteiger partial charge in [-0.25, -0.2) is 0 Å². The first-order chi connectivity index (χ1) is 11.3. The molecule has 0 saturated carbocycles. The van der Waals surface area contributed by atoms with Crippen molar-refractivity contribution in [3.05, 3.63) is 63.6 Å². The van der Waals surface area contributed by atoms with Gasteiger partial charge in [-0.3, -0.25) is 4.79 Å². The van der Waals surface area contributed by atoms with Gasteiger partial charge < -0.3 is 11.1 Å². The Morgan fingerprint density at radius 3 is 2.50 bits per heavy atom. The molecule has 0 aromatic heterocycles. The van der Waals surface area contributed by atoms with Crippen molar-refractivity contribution in [1.82, 2.24) is 5.32 Å². The van der Waals surface area contributed by atoms with E-state index < -0.39 is 5.54 Å². The van der Waals surface area contributed by atoms with Gasteiger partial charge in [-0.1, -0.05) is 47.5 Å². The number of nitrogen functional groups attached to an aromatic ring is 1. The molecule has 2 aromatic carbocycles. The summed E-state index contributed by atoms with van der Waals surface area (Å²) in [6, 6.07) is 13.0. The van der Waals surface area contributed by atoms with Crippen LogP contribution in [-0.4, -0.2) is 11.4 Å². The number of nitrogens with two attached hydrogens (primary N) is 1. The molecule has 5 heteroatoms. The normalized spacial score (nSPS) is 11.3. The minimum Gasteiger partial charge on any atom is -0.399 e. The number of carbonyl (C=O) groups excluding carboxylic acids is 1. The third kappa shape index (κ3) is 5.43. The molecule has 0 fully saturated rings.